The van der Waals surface area contributed by atoms with Crippen molar-refractivity contribution in [1.82, 2.24) is 10.3 Å². The van der Waals surface area contributed by atoms with Gasteiger partial charge in [-0.25, -0.2) is 4.98 Å². The maximum atomic E-state index is 6.01. The van der Waals surface area contributed by atoms with Crippen molar-refractivity contribution in [3.8, 4) is 11.3 Å². The normalized spacial score (nSPS) is 10.8. The second-order valence-corrected chi connectivity index (χ2v) is 4.72. The number of oxazole rings is 1. The van der Waals surface area contributed by atoms with Crippen LogP contribution < -0.4 is 5.32 Å². The third-order valence-electron chi connectivity index (χ3n) is 2.84. The summed E-state index contributed by atoms with van der Waals surface area (Å²) in [5.41, 5.74) is 2.15. The molecule has 96 valence electrons. The minimum absolute atomic E-state index is 0.712. The molecule has 2 rings (SSSR count). The van der Waals surface area contributed by atoms with Gasteiger partial charge in [-0.2, -0.15) is 0 Å². The predicted octanol–water partition coefficient (Wildman–Crippen LogP) is 3.46. The number of rotatable bonds is 5. The lowest BCUT2D eigenvalue weighted by Gasteiger charge is -2.02. The molecule has 0 amide bonds. The van der Waals surface area contributed by atoms with Crippen LogP contribution in [0.3, 0.4) is 0 Å². The molecule has 0 saturated carbocycles. The Labute approximate surface area is 112 Å². The van der Waals surface area contributed by atoms with Crippen molar-refractivity contribution in [2.75, 3.05) is 13.6 Å². The van der Waals surface area contributed by atoms with Crippen molar-refractivity contribution in [1.29, 1.82) is 0 Å². The Morgan fingerprint density at radius 1 is 1.39 bits per heavy atom. The molecule has 2 aromatic rings. The standard InChI is InChI=1S/C14H17ClN2O/c1-10-5-6-11(15)8-12(10)13-9-17-14(18-13)4-3-7-16-2/h5-6,8-9,16H,3-4,7H2,1-2H3. The smallest absolute Gasteiger partial charge is 0.194 e. The van der Waals surface area contributed by atoms with Gasteiger partial charge in [-0.1, -0.05) is 17.7 Å². The molecule has 0 atom stereocenters. The summed E-state index contributed by atoms with van der Waals surface area (Å²) in [4.78, 5) is 4.30. The molecule has 4 heteroatoms. The Hall–Kier alpha value is -1.32. The van der Waals surface area contributed by atoms with E-state index in [1.54, 1.807) is 6.20 Å². The molecule has 0 aliphatic heterocycles. The molecule has 0 saturated heterocycles. The second kappa shape index (κ2) is 6.03. The molecule has 0 aliphatic rings. The highest BCUT2D eigenvalue weighted by Gasteiger charge is 2.09. The van der Waals surface area contributed by atoms with Crippen LogP contribution in [0, 0.1) is 6.92 Å². The van der Waals surface area contributed by atoms with Crippen LogP contribution in [0.25, 0.3) is 11.3 Å². The van der Waals surface area contributed by atoms with Crippen molar-refractivity contribution < 1.29 is 4.42 Å². The number of nitrogens with zero attached hydrogens (tertiary/aromatic N) is 1. The molecular weight excluding hydrogens is 248 g/mol. The first kappa shape index (κ1) is 13.1. The molecule has 1 heterocycles. The van der Waals surface area contributed by atoms with Crippen molar-refractivity contribution in [2.24, 2.45) is 0 Å². The highest BCUT2D eigenvalue weighted by Crippen LogP contribution is 2.27. The van der Waals surface area contributed by atoms with E-state index in [1.807, 2.05) is 32.2 Å². The van der Waals surface area contributed by atoms with E-state index in [2.05, 4.69) is 10.3 Å². The van der Waals surface area contributed by atoms with E-state index >= 15 is 0 Å². The summed E-state index contributed by atoms with van der Waals surface area (Å²) in [7, 11) is 1.94. The number of hydrogen-bond donors (Lipinski definition) is 1. The third-order valence-corrected chi connectivity index (χ3v) is 3.07. The van der Waals surface area contributed by atoms with Crippen LogP contribution in [0.4, 0.5) is 0 Å². The average molecular weight is 265 g/mol. The van der Waals surface area contributed by atoms with Crippen LogP contribution in [0.2, 0.25) is 5.02 Å². The van der Waals surface area contributed by atoms with Crippen LogP contribution in [-0.2, 0) is 6.42 Å². The quantitative estimate of drug-likeness (QED) is 0.841. The maximum absolute atomic E-state index is 6.01. The predicted molar refractivity (Wildman–Crippen MR) is 73.9 cm³/mol. The zero-order valence-electron chi connectivity index (χ0n) is 10.7. The van der Waals surface area contributed by atoms with E-state index in [0.29, 0.717) is 5.02 Å². The number of hydrogen-bond acceptors (Lipinski definition) is 3. The van der Waals surface area contributed by atoms with Gasteiger partial charge in [0, 0.05) is 17.0 Å². The van der Waals surface area contributed by atoms with Gasteiger partial charge in [-0.05, 0) is 44.6 Å². The first-order valence-electron chi connectivity index (χ1n) is 6.06. The molecule has 0 fully saturated rings. The van der Waals surface area contributed by atoms with Crippen LogP contribution in [0.5, 0.6) is 0 Å². The Kier molecular flexibility index (Phi) is 4.39. The molecule has 0 unspecified atom stereocenters. The van der Waals surface area contributed by atoms with Gasteiger partial charge in [0.1, 0.15) is 0 Å². The van der Waals surface area contributed by atoms with Crippen molar-refractivity contribution >= 4 is 11.6 Å². The van der Waals surface area contributed by atoms with Crippen molar-refractivity contribution in [3.63, 3.8) is 0 Å². The summed E-state index contributed by atoms with van der Waals surface area (Å²) in [6.45, 7) is 3.00. The maximum Gasteiger partial charge on any atom is 0.194 e. The number of benzene rings is 1. The van der Waals surface area contributed by atoms with E-state index in [-0.39, 0.29) is 0 Å². The summed E-state index contributed by atoms with van der Waals surface area (Å²) < 4.78 is 5.75. The molecule has 3 nitrogen and oxygen atoms in total. The van der Waals surface area contributed by atoms with Crippen LogP contribution in [0.1, 0.15) is 17.9 Å². The minimum atomic E-state index is 0.712. The Morgan fingerprint density at radius 3 is 3.00 bits per heavy atom. The van der Waals surface area contributed by atoms with Crippen LogP contribution in [0.15, 0.2) is 28.8 Å². The molecule has 1 aromatic heterocycles. The number of halogens is 1. The topological polar surface area (TPSA) is 38.1 Å². The van der Waals surface area contributed by atoms with Gasteiger partial charge in [0.15, 0.2) is 11.7 Å². The van der Waals surface area contributed by atoms with E-state index in [9.17, 15) is 0 Å². The summed E-state index contributed by atoms with van der Waals surface area (Å²) in [5.74, 6) is 1.56. The summed E-state index contributed by atoms with van der Waals surface area (Å²) >= 11 is 6.01. The van der Waals surface area contributed by atoms with E-state index < -0.39 is 0 Å². The fraction of sp³-hybridized carbons (Fsp3) is 0.357. The molecular formula is C14H17ClN2O. The lowest BCUT2D eigenvalue weighted by Crippen LogP contribution is -2.08. The monoisotopic (exact) mass is 264 g/mol. The van der Waals surface area contributed by atoms with E-state index in [1.165, 1.54) is 0 Å². The average Bonchev–Trinajstić information content (AvgIpc) is 2.81. The first-order valence-corrected chi connectivity index (χ1v) is 6.44. The second-order valence-electron chi connectivity index (χ2n) is 4.28. The van der Waals surface area contributed by atoms with E-state index in [0.717, 1.165) is 42.2 Å². The lowest BCUT2D eigenvalue weighted by molar-refractivity contribution is 0.495. The Morgan fingerprint density at radius 2 is 2.22 bits per heavy atom. The Bertz CT molecular complexity index is 522. The van der Waals surface area contributed by atoms with Crippen molar-refractivity contribution in [3.05, 3.63) is 40.9 Å². The molecule has 0 aliphatic carbocycles. The summed E-state index contributed by atoms with van der Waals surface area (Å²) in [6, 6.07) is 5.78. The third kappa shape index (κ3) is 3.12. The van der Waals surface area contributed by atoms with E-state index in [4.69, 9.17) is 16.0 Å². The highest BCUT2D eigenvalue weighted by atomic mass is 35.5. The molecule has 18 heavy (non-hydrogen) atoms. The molecule has 0 radical (unpaired) electrons. The van der Waals surface area contributed by atoms with Gasteiger partial charge in [0.05, 0.1) is 6.20 Å². The van der Waals surface area contributed by atoms with Gasteiger partial charge in [-0.15, -0.1) is 0 Å². The summed E-state index contributed by atoms with van der Waals surface area (Å²) in [5, 5.41) is 3.82. The minimum Gasteiger partial charge on any atom is -0.441 e. The Balaban J connectivity index is 2.16. The number of nitrogens with one attached hydrogen (secondary N) is 1. The van der Waals surface area contributed by atoms with Gasteiger partial charge in [-0.3, -0.25) is 0 Å². The fourth-order valence-electron chi connectivity index (χ4n) is 1.83. The first-order chi connectivity index (χ1) is 8.70. The highest BCUT2D eigenvalue weighted by molar-refractivity contribution is 6.30. The fourth-order valence-corrected chi connectivity index (χ4v) is 2.00. The molecule has 1 aromatic carbocycles. The van der Waals surface area contributed by atoms with Gasteiger partial charge in [0.2, 0.25) is 0 Å². The number of aryl methyl sites for hydroxylation is 2. The molecule has 0 spiro atoms. The zero-order chi connectivity index (χ0) is 13.0. The largest absolute Gasteiger partial charge is 0.441 e. The SMILES string of the molecule is CNCCCc1ncc(-c2cc(Cl)ccc2C)o1. The van der Waals surface area contributed by atoms with Crippen LogP contribution in [-0.4, -0.2) is 18.6 Å². The van der Waals surface area contributed by atoms with Gasteiger partial charge >= 0.3 is 0 Å². The van der Waals surface area contributed by atoms with Crippen molar-refractivity contribution in [2.45, 2.75) is 19.8 Å². The van der Waals surface area contributed by atoms with Gasteiger partial charge in [0.25, 0.3) is 0 Å². The van der Waals surface area contributed by atoms with Gasteiger partial charge < -0.3 is 9.73 Å². The lowest BCUT2D eigenvalue weighted by atomic mass is 10.1. The van der Waals surface area contributed by atoms with Crippen LogP contribution >= 0.6 is 11.6 Å². The number of aromatic nitrogens is 1. The summed E-state index contributed by atoms with van der Waals surface area (Å²) in [6.07, 6.45) is 3.64. The zero-order valence-corrected chi connectivity index (χ0v) is 11.4. The molecule has 0 bridgehead atoms. The molecule has 1 N–H and O–H groups in total.